The number of halogens is 1. The molecule has 0 atom stereocenters. The van der Waals surface area contributed by atoms with E-state index in [0.29, 0.717) is 40.2 Å². The van der Waals surface area contributed by atoms with Crippen molar-refractivity contribution in [1.82, 2.24) is 15.1 Å². The number of methoxy groups -OCH3 is 1. The predicted octanol–water partition coefficient (Wildman–Crippen LogP) is 4.45. The fourth-order valence-corrected chi connectivity index (χ4v) is 4.32. The predicted molar refractivity (Wildman–Crippen MR) is 124 cm³/mol. The molecule has 2 aromatic carbocycles. The Labute approximate surface area is 191 Å². The van der Waals surface area contributed by atoms with Crippen molar-refractivity contribution in [3.63, 3.8) is 0 Å². The first kappa shape index (κ1) is 22.5. The molecule has 0 aliphatic heterocycles. The van der Waals surface area contributed by atoms with Crippen LogP contribution < -0.4 is 15.8 Å². The molecular weight excluding hydrogens is 423 g/mol. The molecule has 33 heavy (non-hydrogen) atoms. The van der Waals surface area contributed by atoms with Gasteiger partial charge >= 0.3 is 0 Å². The summed E-state index contributed by atoms with van der Waals surface area (Å²) in [4.78, 5) is 24.3. The van der Waals surface area contributed by atoms with Gasteiger partial charge in [-0.25, -0.2) is 9.07 Å². The normalized spacial score (nSPS) is 13.8. The highest BCUT2D eigenvalue weighted by Crippen LogP contribution is 2.35. The first-order valence-corrected chi connectivity index (χ1v) is 11.0. The number of nitrogen functional groups attached to an aromatic ring is 1. The van der Waals surface area contributed by atoms with Gasteiger partial charge in [0.15, 0.2) is 6.29 Å². The van der Waals surface area contributed by atoms with E-state index in [1.54, 1.807) is 28.9 Å². The van der Waals surface area contributed by atoms with Gasteiger partial charge in [0, 0.05) is 17.7 Å². The Morgan fingerprint density at radius 2 is 2.03 bits per heavy atom. The summed E-state index contributed by atoms with van der Waals surface area (Å²) in [5, 5.41) is 7.29. The van der Waals surface area contributed by atoms with Crippen LogP contribution in [0.25, 0.3) is 11.3 Å². The molecule has 1 aliphatic carbocycles. The number of nitrogens with zero attached hydrogens (tertiary/aromatic N) is 2. The molecular formula is C25H27FN4O3. The lowest BCUT2D eigenvalue weighted by molar-refractivity contribution is 0.0947. The second-order valence-corrected chi connectivity index (χ2v) is 8.34. The number of hydrogen-bond donors (Lipinski definition) is 2. The van der Waals surface area contributed by atoms with Crippen molar-refractivity contribution in [2.75, 3.05) is 12.8 Å². The Balaban J connectivity index is 1.55. The van der Waals surface area contributed by atoms with Gasteiger partial charge < -0.3 is 15.8 Å². The lowest BCUT2D eigenvalue weighted by Crippen LogP contribution is -2.24. The topological polar surface area (TPSA) is 99.2 Å². The number of ether oxygens (including phenoxy) is 1. The van der Waals surface area contributed by atoms with Gasteiger partial charge in [-0.3, -0.25) is 9.59 Å². The van der Waals surface area contributed by atoms with Crippen LogP contribution in [0.5, 0.6) is 5.75 Å². The number of hydrogen-bond acceptors (Lipinski definition) is 5. The largest absolute Gasteiger partial charge is 0.496 e. The van der Waals surface area contributed by atoms with Crippen molar-refractivity contribution >= 4 is 18.0 Å². The number of carbonyl (C=O) groups is 2. The molecule has 1 heterocycles. The van der Waals surface area contributed by atoms with E-state index < -0.39 is 5.82 Å². The number of nitrogens with two attached hydrogens (primary N) is 1. The van der Waals surface area contributed by atoms with Gasteiger partial charge in [-0.1, -0.05) is 36.6 Å². The van der Waals surface area contributed by atoms with Crippen LogP contribution in [0.2, 0.25) is 0 Å². The zero-order valence-corrected chi connectivity index (χ0v) is 18.7. The number of aryl methyl sites for hydroxylation is 1. The highest BCUT2D eigenvalue weighted by atomic mass is 19.1. The zero-order chi connectivity index (χ0) is 23.5. The Morgan fingerprint density at radius 3 is 2.70 bits per heavy atom. The molecule has 8 heteroatoms. The first-order chi connectivity index (χ1) is 15.9. The third kappa shape index (κ3) is 4.46. The third-order valence-corrected chi connectivity index (χ3v) is 6.14. The molecule has 0 unspecified atom stereocenters. The third-order valence-electron chi connectivity index (χ3n) is 6.14. The van der Waals surface area contributed by atoms with Crippen LogP contribution in [0.15, 0.2) is 36.4 Å². The van der Waals surface area contributed by atoms with Gasteiger partial charge in [-0.15, -0.1) is 0 Å². The number of carbonyl (C=O) groups excluding carboxylic acids is 2. The van der Waals surface area contributed by atoms with Gasteiger partial charge in [0.2, 0.25) is 0 Å². The molecule has 0 radical (unpaired) electrons. The molecule has 0 spiro atoms. The van der Waals surface area contributed by atoms with Crippen LogP contribution in [0.4, 0.5) is 10.2 Å². The van der Waals surface area contributed by atoms with Crippen LogP contribution in [0.3, 0.4) is 0 Å². The van der Waals surface area contributed by atoms with Crippen LogP contribution in [0.1, 0.15) is 63.6 Å². The van der Waals surface area contributed by atoms with Gasteiger partial charge in [-0.2, -0.15) is 5.10 Å². The molecule has 4 rings (SSSR count). The highest BCUT2D eigenvalue weighted by molar-refractivity contribution is 5.97. The molecule has 3 aromatic rings. The molecule has 172 valence electrons. The maximum Gasteiger partial charge on any atom is 0.255 e. The second-order valence-electron chi connectivity index (χ2n) is 8.34. The average molecular weight is 451 g/mol. The molecule has 1 aromatic heterocycles. The quantitative estimate of drug-likeness (QED) is 0.518. The van der Waals surface area contributed by atoms with E-state index in [2.05, 4.69) is 10.4 Å². The van der Waals surface area contributed by atoms with Crippen molar-refractivity contribution in [3.8, 4) is 17.0 Å². The van der Waals surface area contributed by atoms with Crippen LogP contribution in [-0.4, -0.2) is 29.1 Å². The summed E-state index contributed by atoms with van der Waals surface area (Å²) in [6, 6.07) is 10.0. The summed E-state index contributed by atoms with van der Waals surface area (Å²) in [5.41, 5.74) is 8.91. The Hall–Kier alpha value is -3.68. The zero-order valence-electron chi connectivity index (χ0n) is 18.7. The summed E-state index contributed by atoms with van der Waals surface area (Å²) in [6.07, 6.45) is 4.79. The molecule has 1 saturated carbocycles. The van der Waals surface area contributed by atoms with Crippen molar-refractivity contribution in [2.24, 2.45) is 0 Å². The minimum absolute atomic E-state index is 0.00122. The summed E-state index contributed by atoms with van der Waals surface area (Å²) in [5.74, 6) is -0.0957. The van der Waals surface area contributed by atoms with Crippen LogP contribution >= 0.6 is 0 Å². The maximum atomic E-state index is 14.9. The van der Waals surface area contributed by atoms with E-state index in [4.69, 9.17) is 10.5 Å². The molecule has 1 aliphatic rings. The summed E-state index contributed by atoms with van der Waals surface area (Å²) < 4.78 is 21.9. The number of anilines is 1. The van der Waals surface area contributed by atoms with Crippen molar-refractivity contribution < 1.29 is 18.7 Å². The van der Waals surface area contributed by atoms with E-state index in [1.165, 1.54) is 13.2 Å². The molecule has 1 amide bonds. The maximum absolute atomic E-state index is 14.9. The summed E-state index contributed by atoms with van der Waals surface area (Å²) in [7, 11) is 1.49. The van der Waals surface area contributed by atoms with Crippen molar-refractivity contribution in [2.45, 2.75) is 45.2 Å². The Kier molecular flexibility index (Phi) is 6.44. The number of amides is 1. The van der Waals surface area contributed by atoms with Gasteiger partial charge in [-0.05, 0) is 38.0 Å². The highest BCUT2D eigenvalue weighted by Gasteiger charge is 2.25. The molecule has 0 saturated heterocycles. The fraction of sp³-hybridized carbons (Fsp3) is 0.320. The SMILES string of the molecule is COc1ccc(C)cc1C(=O)NCc1ccc(-c2nn(C3CCCC3)c(N)c2C=O)cc1F. The molecule has 7 nitrogen and oxygen atoms in total. The Bertz CT molecular complexity index is 1200. The van der Waals surface area contributed by atoms with E-state index in [0.717, 1.165) is 31.2 Å². The van der Waals surface area contributed by atoms with Gasteiger partial charge in [0.25, 0.3) is 5.91 Å². The van der Waals surface area contributed by atoms with E-state index in [1.807, 2.05) is 13.0 Å². The summed E-state index contributed by atoms with van der Waals surface area (Å²) >= 11 is 0. The summed E-state index contributed by atoms with van der Waals surface area (Å²) in [6.45, 7) is 1.88. The van der Waals surface area contributed by atoms with E-state index in [9.17, 15) is 14.0 Å². The van der Waals surface area contributed by atoms with Gasteiger partial charge in [0.1, 0.15) is 23.1 Å². The number of benzene rings is 2. The molecule has 1 fully saturated rings. The number of nitrogens with one attached hydrogen (secondary N) is 1. The van der Waals surface area contributed by atoms with Crippen LogP contribution in [0, 0.1) is 12.7 Å². The van der Waals surface area contributed by atoms with Crippen molar-refractivity contribution in [3.05, 3.63) is 64.5 Å². The number of aromatic nitrogens is 2. The van der Waals surface area contributed by atoms with E-state index >= 15 is 0 Å². The number of rotatable bonds is 7. The Morgan fingerprint density at radius 1 is 1.27 bits per heavy atom. The lowest BCUT2D eigenvalue weighted by Gasteiger charge is -2.11. The smallest absolute Gasteiger partial charge is 0.255 e. The minimum atomic E-state index is -0.505. The minimum Gasteiger partial charge on any atom is -0.496 e. The van der Waals surface area contributed by atoms with Crippen molar-refractivity contribution in [1.29, 1.82) is 0 Å². The average Bonchev–Trinajstić information content (AvgIpc) is 3.45. The fourth-order valence-electron chi connectivity index (χ4n) is 4.32. The monoisotopic (exact) mass is 450 g/mol. The van der Waals surface area contributed by atoms with Gasteiger partial charge in [0.05, 0.1) is 24.3 Å². The lowest BCUT2D eigenvalue weighted by atomic mass is 10.0. The molecule has 3 N–H and O–H groups in total. The van der Waals surface area contributed by atoms with Crippen LogP contribution in [-0.2, 0) is 6.54 Å². The second kappa shape index (κ2) is 9.44. The molecule has 0 bridgehead atoms. The first-order valence-electron chi connectivity index (χ1n) is 11.0. The van der Waals surface area contributed by atoms with E-state index in [-0.39, 0.29) is 24.1 Å². The standard InChI is InChI=1S/C25H27FN4O3/c1-15-7-10-22(33-2)19(11-15)25(32)28-13-17-9-8-16(12-21(17)26)23-20(14-31)24(27)30(29-23)18-5-3-4-6-18/h7-12,14,18H,3-6,13,27H2,1-2H3,(H,28,32). The number of aldehydes is 1.